The molecule has 1 heterocycles. The van der Waals surface area contributed by atoms with Gasteiger partial charge >= 0.3 is 5.97 Å². The third-order valence-corrected chi connectivity index (χ3v) is 6.09. The number of carbonyl (C=O) groups is 1. The number of imidazole rings is 1. The maximum Gasteiger partial charge on any atom is 0.308 e. The lowest BCUT2D eigenvalue weighted by molar-refractivity contribution is -0.144. The van der Waals surface area contributed by atoms with E-state index in [1.807, 2.05) is 6.92 Å². The first-order valence-corrected chi connectivity index (χ1v) is 8.69. The highest BCUT2D eigenvalue weighted by atomic mass is 32.2. The molecule has 1 aromatic rings. The summed E-state index contributed by atoms with van der Waals surface area (Å²) in [5.74, 6) is -0.716. The van der Waals surface area contributed by atoms with Crippen molar-refractivity contribution in [3.8, 4) is 0 Å². The highest BCUT2D eigenvalue weighted by molar-refractivity contribution is 7.89. The number of H-pyrrole nitrogens is 1. The van der Waals surface area contributed by atoms with Gasteiger partial charge in [-0.2, -0.15) is 0 Å². The zero-order valence-corrected chi connectivity index (χ0v) is 12.6. The van der Waals surface area contributed by atoms with Crippen LogP contribution in [0.1, 0.15) is 32.0 Å². The number of sulfonamides is 1. The minimum Gasteiger partial charge on any atom is -0.481 e. The van der Waals surface area contributed by atoms with Crippen molar-refractivity contribution in [2.45, 2.75) is 43.7 Å². The minimum atomic E-state index is -3.75. The van der Waals surface area contributed by atoms with E-state index in [2.05, 4.69) is 14.7 Å². The molecule has 21 heavy (non-hydrogen) atoms. The molecule has 3 N–H and O–H groups in total. The molecule has 7 nitrogen and oxygen atoms in total. The molecule has 0 aromatic carbocycles. The fraction of sp³-hybridized carbons (Fsp3) is 0.692. The smallest absolute Gasteiger partial charge is 0.308 e. The number of hydrogen-bond acceptors (Lipinski definition) is 4. The van der Waals surface area contributed by atoms with Gasteiger partial charge in [-0.25, -0.2) is 18.1 Å². The van der Waals surface area contributed by atoms with Crippen molar-refractivity contribution in [2.75, 3.05) is 0 Å². The number of aromatic nitrogens is 2. The van der Waals surface area contributed by atoms with Gasteiger partial charge in [-0.3, -0.25) is 4.79 Å². The Morgan fingerprint density at radius 2 is 2.19 bits per heavy atom. The average molecular weight is 313 g/mol. The van der Waals surface area contributed by atoms with E-state index in [9.17, 15) is 18.3 Å². The number of aliphatic carboxylic acids is 1. The molecule has 2 fully saturated rings. The predicted octanol–water partition coefficient (Wildman–Crippen LogP) is 0.750. The molecule has 2 saturated carbocycles. The standard InChI is InChI=1S/C13H19N3O4S/c1-2-9-14-6-10(15-9)21(19,20)16-12-8-4-3-7(5-8)11(12)13(17)18/h6-8,11-12,16H,2-5H2,1H3,(H,14,15)(H,17,18). The van der Waals surface area contributed by atoms with Crippen LogP contribution in [-0.2, 0) is 21.2 Å². The monoisotopic (exact) mass is 313 g/mol. The van der Waals surface area contributed by atoms with Gasteiger partial charge in [0.2, 0.25) is 0 Å². The Kier molecular flexibility index (Phi) is 3.53. The van der Waals surface area contributed by atoms with E-state index in [-0.39, 0.29) is 16.9 Å². The van der Waals surface area contributed by atoms with Crippen LogP contribution in [0.15, 0.2) is 11.2 Å². The molecule has 2 aliphatic carbocycles. The highest BCUT2D eigenvalue weighted by Gasteiger charge is 2.52. The van der Waals surface area contributed by atoms with Crippen LogP contribution in [0.3, 0.4) is 0 Å². The van der Waals surface area contributed by atoms with Crippen molar-refractivity contribution in [1.82, 2.24) is 14.7 Å². The van der Waals surface area contributed by atoms with E-state index in [0.29, 0.717) is 12.2 Å². The number of carboxylic acid groups (broad SMARTS) is 1. The van der Waals surface area contributed by atoms with Crippen LogP contribution in [0, 0.1) is 17.8 Å². The van der Waals surface area contributed by atoms with Gasteiger partial charge < -0.3 is 10.1 Å². The molecular weight excluding hydrogens is 294 g/mol. The van der Waals surface area contributed by atoms with Gasteiger partial charge in [0.05, 0.1) is 12.1 Å². The lowest BCUT2D eigenvalue weighted by Gasteiger charge is -2.28. The van der Waals surface area contributed by atoms with E-state index in [1.54, 1.807) is 0 Å². The summed E-state index contributed by atoms with van der Waals surface area (Å²) in [6, 6.07) is -0.514. The number of nitrogens with zero attached hydrogens (tertiary/aromatic N) is 1. The molecule has 0 amide bonds. The molecule has 0 aliphatic heterocycles. The highest BCUT2D eigenvalue weighted by Crippen LogP contribution is 2.48. The van der Waals surface area contributed by atoms with Gasteiger partial charge in [-0.05, 0) is 31.1 Å². The number of fused-ring (bicyclic) bond motifs is 2. The molecule has 2 bridgehead atoms. The van der Waals surface area contributed by atoms with Crippen LogP contribution >= 0.6 is 0 Å². The minimum absolute atomic E-state index is 0.00580. The number of hydrogen-bond donors (Lipinski definition) is 3. The molecule has 0 spiro atoms. The Hall–Kier alpha value is -1.41. The third-order valence-electron chi connectivity index (χ3n) is 4.72. The van der Waals surface area contributed by atoms with Crippen LogP contribution in [0.5, 0.6) is 0 Å². The Balaban J connectivity index is 1.83. The Bertz CT molecular complexity index is 654. The second-order valence-electron chi connectivity index (χ2n) is 5.89. The Morgan fingerprint density at radius 1 is 1.48 bits per heavy atom. The van der Waals surface area contributed by atoms with Crippen molar-refractivity contribution in [3.05, 3.63) is 12.0 Å². The van der Waals surface area contributed by atoms with Crippen molar-refractivity contribution in [2.24, 2.45) is 17.8 Å². The van der Waals surface area contributed by atoms with Gasteiger partial charge in [0, 0.05) is 12.5 Å². The van der Waals surface area contributed by atoms with Crippen LogP contribution in [0.25, 0.3) is 0 Å². The summed E-state index contributed by atoms with van der Waals surface area (Å²) in [6.45, 7) is 1.87. The summed E-state index contributed by atoms with van der Waals surface area (Å²) in [6.07, 6.45) is 4.47. The van der Waals surface area contributed by atoms with Crippen molar-refractivity contribution in [3.63, 3.8) is 0 Å². The van der Waals surface area contributed by atoms with Crippen LogP contribution in [0.4, 0.5) is 0 Å². The van der Waals surface area contributed by atoms with Crippen LogP contribution in [-0.4, -0.2) is 35.5 Å². The van der Waals surface area contributed by atoms with Crippen molar-refractivity contribution >= 4 is 16.0 Å². The quantitative estimate of drug-likeness (QED) is 0.742. The van der Waals surface area contributed by atoms with Crippen LogP contribution < -0.4 is 4.72 Å². The van der Waals surface area contributed by atoms with Crippen molar-refractivity contribution < 1.29 is 18.3 Å². The normalized spacial score (nSPS) is 31.7. The van der Waals surface area contributed by atoms with Gasteiger partial charge in [0.15, 0.2) is 5.03 Å². The second kappa shape index (κ2) is 5.10. The molecule has 2 aliphatic rings. The summed E-state index contributed by atoms with van der Waals surface area (Å²) in [4.78, 5) is 18.2. The molecule has 116 valence electrons. The van der Waals surface area contributed by atoms with E-state index in [4.69, 9.17) is 0 Å². The number of aryl methyl sites for hydroxylation is 1. The molecule has 4 atom stereocenters. The van der Waals surface area contributed by atoms with Gasteiger partial charge in [-0.1, -0.05) is 6.92 Å². The second-order valence-corrected chi connectivity index (χ2v) is 7.57. The third kappa shape index (κ3) is 2.46. The molecular formula is C13H19N3O4S. The first-order chi connectivity index (χ1) is 9.92. The molecule has 0 radical (unpaired) electrons. The zero-order chi connectivity index (χ0) is 15.2. The SMILES string of the molecule is CCc1ncc(S(=O)(=O)NC2C3CCC(C3)C2C(=O)O)[nH]1. The Labute approximate surface area is 123 Å². The number of carboxylic acids is 1. The zero-order valence-electron chi connectivity index (χ0n) is 11.7. The average Bonchev–Trinajstić information content (AvgIpc) is 3.13. The number of rotatable bonds is 5. The number of aromatic amines is 1. The summed E-state index contributed by atoms with van der Waals surface area (Å²) in [7, 11) is -3.75. The first-order valence-electron chi connectivity index (χ1n) is 7.21. The summed E-state index contributed by atoms with van der Waals surface area (Å²) in [5.41, 5.74) is 0. The lowest BCUT2D eigenvalue weighted by atomic mass is 9.85. The van der Waals surface area contributed by atoms with E-state index in [0.717, 1.165) is 19.3 Å². The fourth-order valence-corrected chi connectivity index (χ4v) is 4.99. The lowest BCUT2D eigenvalue weighted by Crippen LogP contribution is -2.46. The van der Waals surface area contributed by atoms with E-state index < -0.39 is 28.0 Å². The fourth-order valence-electron chi connectivity index (χ4n) is 3.72. The van der Waals surface area contributed by atoms with E-state index in [1.165, 1.54) is 6.20 Å². The van der Waals surface area contributed by atoms with E-state index >= 15 is 0 Å². The maximum atomic E-state index is 12.4. The van der Waals surface area contributed by atoms with Crippen molar-refractivity contribution in [1.29, 1.82) is 0 Å². The van der Waals surface area contributed by atoms with Gasteiger partial charge in [0.25, 0.3) is 10.0 Å². The maximum absolute atomic E-state index is 12.4. The summed E-state index contributed by atoms with van der Waals surface area (Å²) >= 11 is 0. The molecule has 8 heteroatoms. The van der Waals surface area contributed by atoms with Crippen LogP contribution in [0.2, 0.25) is 0 Å². The number of nitrogens with one attached hydrogen (secondary N) is 2. The predicted molar refractivity (Wildman–Crippen MR) is 74.0 cm³/mol. The Morgan fingerprint density at radius 3 is 2.81 bits per heavy atom. The topological polar surface area (TPSA) is 112 Å². The summed E-state index contributed by atoms with van der Waals surface area (Å²) in [5, 5.41) is 9.37. The van der Waals surface area contributed by atoms with Gasteiger partial charge in [-0.15, -0.1) is 0 Å². The summed E-state index contributed by atoms with van der Waals surface area (Å²) < 4.78 is 27.4. The largest absolute Gasteiger partial charge is 0.481 e. The molecule has 0 saturated heterocycles. The molecule has 4 unspecified atom stereocenters. The molecule has 3 rings (SSSR count). The first kappa shape index (κ1) is 14.5. The van der Waals surface area contributed by atoms with Gasteiger partial charge in [0.1, 0.15) is 5.82 Å². The molecule has 1 aromatic heterocycles.